The lowest BCUT2D eigenvalue weighted by Gasteiger charge is -2.21. The minimum Gasteiger partial charge on any atom is -0.493 e. The van der Waals surface area contributed by atoms with E-state index in [1.807, 2.05) is 47.3 Å². The summed E-state index contributed by atoms with van der Waals surface area (Å²) in [6, 6.07) is 18.5. The van der Waals surface area contributed by atoms with Crippen LogP contribution in [0, 0.1) is 45.9 Å². The second-order valence-electron chi connectivity index (χ2n) is 15.8. The molecule has 0 N–H and O–H groups in total. The van der Waals surface area contributed by atoms with Gasteiger partial charge in [0.1, 0.15) is 17.3 Å². The fourth-order valence-electron chi connectivity index (χ4n) is 9.03. The van der Waals surface area contributed by atoms with Crippen LogP contribution in [0.2, 0.25) is 0 Å². The zero-order valence-electron chi connectivity index (χ0n) is 29.0. The molecule has 0 bridgehead atoms. The quantitative estimate of drug-likeness (QED) is 0.126. The molecule has 2 saturated heterocycles. The van der Waals surface area contributed by atoms with E-state index in [2.05, 4.69) is 30.2 Å². The number of halogens is 4. The van der Waals surface area contributed by atoms with Gasteiger partial charge in [0.2, 0.25) is 0 Å². The van der Waals surface area contributed by atoms with Crippen LogP contribution in [0.5, 0.6) is 11.5 Å². The zero-order valence-corrected chi connectivity index (χ0v) is 29.0. The minimum absolute atomic E-state index is 0.0188. The SMILES string of the molecule is Fc1ccc(OCC23CC2CN(Cc2ccc4c(c2)ncn4Cc2cc(OCC45CC4CN(Cc4ncc6ccccn46)C5)cc(F)c2F)C3)cc1F. The highest BCUT2D eigenvalue weighted by atomic mass is 19.2. The fraction of sp³-hybridized carbons (Fsp3) is 0.366. The number of fused-ring (bicyclic) bond motifs is 4. The molecule has 4 fully saturated rings. The van der Waals surface area contributed by atoms with Crippen molar-refractivity contribution in [2.24, 2.45) is 22.7 Å². The van der Waals surface area contributed by atoms with Gasteiger partial charge in [-0.25, -0.2) is 27.5 Å². The molecule has 4 aliphatic rings. The first kappa shape index (κ1) is 32.7. The summed E-state index contributed by atoms with van der Waals surface area (Å²) in [5.41, 5.74) is 4.05. The van der Waals surface area contributed by atoms with Crippen LogP contribution in [-0.2, 0) is 19.6 Å². The first-order valence-corrected chi connectivity index (χ1v) is 18.2. The third-order valence-electron chi connectivity index (χ3n) is 12.1. The Morgan fingerprint density at radius 2 is 1.47 bits per heavy atom. The number of rotatable bonds is 12. The van der Waals surface area contributed by atoms with E-state index < -0.39 is 23.3 Å². The Bertz CT molecular complexity index is 2380. The molecule has 2 saturated carbocycles. The van der Waals surface area contributed by atoms with Crippen LogP contribution in [0.15, 0.2) is 85.5 Å². The van der Waals surface area contributed by atoms with E-state index in [1.165, 1.54) is 6.07 Å². The second-order valence-corrected chi connectivity index (χ2v) is 15.8. The molecule has 10 rings (SSSR count). The van der Waals surface area contributed by atoms with Crippen molar-refractivity contribution < 1.29 is 27.0 Å². The Morgan fingerprint density at radius 3 is 2.26 bits per heavy atom. The van der Waals surface area contributed by atoms with E-state index in [-0.39, 0.29) is 22.9 Å². The Kier molecular flexibility index (Phi) is 7.59. The third-order valence-corrected chi connectivity index (χ3v) is 12.1. The first-order valence-electron chi connectivity index (χ1n) is 18.2. The molecule has 8 nitrogen and oxygen atoms in total. The molecule has 0 amide bonds. The number of hydrogen-bond acceptors (Lipinski definition) is 6. The van der Waals surface area contributed by atoms with Crippen molar-refractivity contribution in [3.63, 3.8) is 0 Å². The van der Waals surface area contributed by atoms with Crippen LogP contribution in [-0.4, -0.2) is 68.1 Å². The van der Waals surface area contributed by atoms with Gasteiger partial charge < -0.3 is 18.4 Å². The van der Waals surface area contributed by atoms with Crippen LogP contribution in [0.4, 0.5) is 17.6 Å². The van der Waals surface area contributed by atoms with E-state index >= 15 is 4.39 Å². The van der Waals surface area contributed by atoms with E-state index in [1.54, 1.807) is 12.4 Å². The van der Waals surface area contributed by atoms with E-state index in [9.17, 15) is 13.2 Å². The van der Waals surface area contributed by atoms with Gasteiger partial charge >= 0.3 is 0 Å². The third kappa shape index (κ3) is 6.01. The minimum atomic E-state index is -0.926. The molecular weight excluding hydrogens is 684 g/mol. The summed E-state index contributed by atoms with van der Waals surface area (Å²) in [4.78, 5) is 14.0. The number of hydrogen-bond donors (Lipinski definition) is 0. The van der Waals surface area contributed by atoms with Crippen LogP contribution in [0.25, 0.3) is 16.6 Å². The Hall–Kier alpha value is -4.94. The molecule has 4 atom stereocenters. The molecular formula is C41H38F4N6O2. The van der Waals surface area contributed by atoms with Gasteiger partial charge in [0.25, 0.3) is 0 Å². The summed E-state index contributed by atoms with van der Waals surface area (Å²) >= 11 is 0. The maximum absolute atomic E-state index is 15.2. The lowest BCUT2D eigenvalue weighted by Crippen LogP contribution is -2.28. The summed E-state index contributed by atoms with van der Waals surface area (Å²) in [6.07, 6.45) is 7.72. The lowest BCUT2D eigenvalue weighted by atomic mass is 10.1. The molecule has 2 aliphatic carbocycles. The predicted molar refractivity (Wildman–Crippen MR) is 189 cm³/mol. The fourth-order valence-corrected chi connectivity index (χ4v) is 9.03. The van der Waals surface area contributed by atoms with E-state index in [0.29, 0.717) is 36.5 Å². The average Bonchev–Trinajstić information content (AvgIpc) is 3.65. The monoisotopic (exact) mass is 722 g/mol. The van der Waals surface area contributed by atoms with Crippen LogP contribution in [0.1, 0.15) is 29.8 Å². The van der Waals surface area contributed by atoms with E-state index in [4.69, 9.17) is 9.47 Å². The molecule has 0 spiro atoms. The van der Waals surface area contributed by atoms with E-state index in [0.717, 1.165) is 98.2 Å². The van der Waals surface area contributed by atoms with Crippen LogP contribution in [0.3, 0.4) is 0 Å². The highest BCUT2D eigenvalue weighted by Crippen LogP contribution is 2.59. The van der Waals surface area contributed by atoms with Crippen molar-refractivity contribution in [2.45, 2.75) is 32.5 Å². The Balaban J connectivity index is 0.763. The van der Waals surface area contributed by atoms with Crippen molar-refractivity contribution in [1.29, 1.82) is 0 Å². The standard InChI is InChI=1S/C41H38F4N6O2/c42-33-6-5-31(11-34(33)43)52-23-40-13-28(40)18-48(21-40)16-26-4-7-37-36(9-26)47-25-50(37)17-27-10-32(12-35(44)39(27)45)53-24-41-14-29(41)19-49(22-41)20-38-46-15-30-3-1-2-8-51(30)38/h1-12,15,25,28-29H,13-14,16-24H2. The topological polar surface area (TPSA) is 60.1 Å². The van der Waals surface area contributed by atoms with Crippen molar-refractivity contribution in [1.82, 2.24) is 28.7 Å². The maximum atomic E-state index is 15.2. The highest BCUT2D eigenvalue weighted by Gasteiger charge is 2.61. The molecule has 3 aromatic heterocycles. The summed E-state index contributed by atoms with van der Waals surface area (Å²) in [5, 5.41) is 0. The van der Waals surface area contributed by atoms with Crippen molar-refractivity contribution >= 4 is 16.6 Å². The summed E-state index contributed by atoms with van der Waals surface area (Å²) < 4.78 is 73.0. The zero-order chi connectivity index (χ0) is 35.9. The highest BCUT2D eigenvalue weighted by molar-refractivity contribution is 5.76. The van der Waals surface area contributed by atoms with Gasteiger partial charge in [0.05, 0.1) is 55.4 Å². The maximum Gasteiger partial charge on any atom is 0.164 e. The molecule has 53 heavy (non-hydrogen) atoms. The normalized spacial score (nSPS) is 24.9. The van der Waals surface area contributed by atoms with Crippen molar-refractivity contribution in [3.8, 4) is 11.5 Å². The number of imidazole rings is 2. The number of nitrogens with zero attached hydrogens (tertiary/aromatic N) is 6. The number of piperidine rings is 2. The van der Waals surface area contributed by atoms with Crippen LogP contribution >= 0.6 is 0 Å². The smallest absolute Gasteiger partial charge is 0.164 e. The molecule has 3 aromatic carbocycles. The number of pyridine rings is 1. The number of aromatic nitrogens is 4. The number of benzene rings is 3. The first-order chi connectivity index (χ1) is 25.7. The van der Waals surface area contributed by atoms with Crippen LogP contribution < -0.4 is 9.47 Å². The molecule has 4 unspecified atom stereocenters. The van der Waals surface area contributed by atoms with Gasteiger partial charge in [-0.15, -0.1) is 0 Å². The van der Waals surface area contributed by atoms with Gasteiger partial charge in [-0.3, -0.25) is 9.80 Å². The average molecular weight is 723 g/mol. The Labute approximate surface area is 303 Å². The van der Waals surface area contributed by atoms with Gasteiger partial charge in [-0.05, 0) is 72.7 Å². The van der Waals surface area contributed by atoms with Gasteiger partial charge in [-0.1, -0.05) is 12.1 Å². The number of likely N-dealkylation sites (tertiary alicyclic amines) is 2. The largest absolute Gasteiger partial charge is 0.493 e. The molecule has 2 aliphatic heterocycles. The van der Waals surface area contributed by atoms with Gasteiger partial charge in [-0.2, -0.15) is 0 Å². The summed E-state index contributed by atoms with van der Waals surface area (Å²) in [7, 11) is 0. The van der Waals surface area contributed by atoms with Crippen molar-refractivity contribution in [2.75, 3.05) is 39.4 Å². The Morgan fingerprint density at radius 1 is 0.717 bits per heavy atom. The second kappa shape index (κ2) is 12.3. The summed E-state index contributed by atoms with van der Waals surface area (Å²) in [5.74, 6) is -0.887. The van der Waals surface area contributed by atoms with Gasteiger partial charge in [0.15, 0.2) is 23.3 Å². The molecule has 272 valence electrons. The summed E-state index contributed by atoms with van der Waals surface area (Å²) in [6.45, 7) is 6.20. The molecule has 6 aromatic rings. The number of ether oxygens (including phenoxy) is 2. The molecule has 5 heterocycles. The molecule has 0 radical (unpaired) electrons. The predicted octanol–water partition coefficient (Wildman–Crippen LogP) is 7.09. The lowest BCUT2D eigenvalue weighted by molar-refractivity contribution is 0.198. The van der Waals surface area contributed by atoms with Gasteiger partial charge in [0, 0.05) is 67.4 Å². The molecule has 12 heteroatoms. The van der Waals surface area contributed by atoms with Crippen molar-refractivity contribution in [3.05, 3.63) is 126 Å².